The van der Waals surface area contributed by atoms with Crippen molar-refractivity contribution < 1.29 is 9.18 Å². The number of benzene rings is 1. The zero-order valence-electron chi connectivity index (χ0n) is 11.7. The highest BCUT2D eigenvalue weighted by molar-refractivity contribution is 6.30. The van der Waals surface area contributed by atoms with Crippen molar-refractivity contribution >= 4 is 17.4 Å². The van der Waals surface area contributed by atoms with Gasteiger partial charge in [0.15, 0.2) is 5.78 Å². The Morgan fingerprint density at radius 1 is 1.40 bits per heavy atom. The number of carbonyl (C=O) groups is 1. The summed E-state index contributed by atoms with van der Waals surface area (Å²) >= 11 is 5.77. The maximum atomic E-state index is 13.9. The quantitative estimate of drug-likeness (QED) is 0.801. The van der Waals surface area contributed by atoms with Crippen molar-refractivity contribution in [2.24, 2.45) is 0 Å². The van der Waals surface area contributed by atoms with E-state index >= 15 is 0 Å². The Morgan fingerprint density at radius 3 is 2.75 bits per heavy atom. The SMILES string of the molecule is CCC(=O)c1c(C)nn(Cc2cccc(Cl)c2F)c1C. The summed E-state index contributed by atoms with van der Waals surface area (Å²) in [5, 5.41) is 4.42. The maximum Gasteiger partial charge on any atom is 0.166 e. The van der Waals surface area contributed by atoms with Crippen molar-refractivity contribution in [3.05, 3.63) is 51.6 Å². The summed E-state index contributed by atoms with van der Waals surface area (Å²) in [6, 6.07) is 4.87. The average molecular weight is 295 g/mol. The lowest BCUT2D eigenvalue weighted by atomic mass is 10.1. The van der Waals surface area contributed by atoms with Crippen molar-refractivity contribution in [1.82, 2.24) is 9.78 Å². The third-order valence-corrected chi connectivity index (χ3v) is 3.63. The van der Waals surface area contributed by atoms with Gasteiger partial charge in [-0.1, -0.05) is 30.7 Å². The first kappa shape index (κ1) is 14.7. The van der Waals surface area contributed by atoms with Crippen LogP contribution in [0.3, 0.4) is 0 Å². The predicted molar refractivity (Wildman–Crippen MR) is 76.8 cm³/mol. The topological polar surface area (TPSA) is 34.9 Å². The van der Waals surface area contributed by atoms with Crippen LogP contribution in [-0.2, 0) is 6.54 Å². The number of nitrogens with zero attached hydrogens (tertiary/aromatic N) is 2. The normalized spacial score (nSPS) is 10.8. The number of carbonyl (C=O) groups excluding carboxylic acids is 1. The van der Waals surface area contributed by atoms with Gasteiger partial charge in [-0.15, -0.1) is 0 Å². The maximum absolute atomic E-state index is 13.9. The molecule has 3 nitrogen and oxygen atoms in total. The number of hydrogen-bond acceptors (Lipinski definition) is 2. The van der Waals surface area contributed by atoms with Gasteiger partial charge in [0.2, 0.25) is 0 Å². The van der Waals surface area contributed by atoms with Gasteiger partial charge in [-0.05, 0) is 19.9 Å². The second kappa shape index (κ2) is 5.75. The van der Waals surface area contributed by atoms with Crippen molar-refractivity contribution in [3.63, 3.8) is 0 Å². The molecule has 0 fully saturated rings. The van der Waals surface area contributed by atoms with E-state index in [4.69, 9.17) is 11.6 Å². The van der Waals surface area contributed by atoms with Crippen LogP contribution in [0.4, 0.5) is 4.39 Å². The van der Waals surface area contributed by atoms with E-state index in [1.54, 1.807) is 23.7 Å². The number of aryl methyl sites for hydroxylation is 1. The van der Waals surface area contributed by atoms with E-state index in [1.165, 1.54) is 6.07 Å². The molecular weight excluding hydrogens is 279 g/mol. The molecular formula is C15H16ClFN2O. The van der Waals surface area contributed by atoms with Crippen molar-refractivity contribution in [2.75, 3.05) is 0 Å². The highest BCUT2D eigenvalue weighted by atomic mass is 35.5. The second-order valence-corrected chi connectivity index (χ2v) is 5.10. The first-order valence-electron chi connectivity index (χ1n) is 6.45. The van der Waals surface area contributed by atoms with Gasteiger partial charge in [0.1, 0.15) is 5.82 Å². The fraction of sp³-hybridized carbons (Fsp3) is 0.333. The zero-order chi connectivity index (χ0) is 14.9. The summed E-state index contributed by atoms with van der Waals surface area (Å²) in [7, 11) is 0. The second-order valence-electron chi connectivity index (χ2n) is 4.69. The minimum Gasteiger partial charge on any atom is -0.294 e. The van der Waals surface area contributed by atoms with Crippen molar-refractivity contribution in [2.45, 2.75) is 33.7 Å². The van der Waals surface area contributed by atoms with Crippen molar-refractivity contribution in [3.8, 4) is 0 Å². The minimum absolute atomic E-state index is 0.0535. The van der Waals surface area contributed by atoms with Crippen LogP contribution in [0.1, 0.15) is 40.7 Å². The highest BCUT2D eigenvalue weighted by Gasteiger charge is 2.18. The summed E-state index contributed by atoms with van der Waals surface area (Å²) in [5.74, 6) is -0.386. The van der Waals surface area contributed by atoms with Crippen LogP contribution in [0.15, 0.2) is 18.2 Å². The van der Waals surface area contributed by atoms with Gasteiger partial charge in [0, 0.05) is 17.7 Å². The molecule has 0 bridgehead atoms. The Morgan fingerprint density at radius 2 is 2.10 bits per heavy atom. The van der Waals surface area contributed by atoms with E-state index in [2.05, 4.69) is 5.10 Å². The predicted octanol–water partition coefficient (Wildman–Crippen LogP) is 3.93. The van der Waals surface area contributed by atoms with Crippen molar-refractivity contribution in [1.29, 1.82) is 0 Å². The van der Waals surface area contributed by atoms with E-state index in [0.717, 1.165) is 5.69 Å². The Labute approximate surface area is 122 Å². The number of ketones is 1. The molecule has 1 aromatic carbocycles. The molecule has 0 saturated carbocycles. The molecule has 0 unspecified atom stereocenters. The Bertz CT molecular complexity index is 664. The Kier molecular flexibility index (Phi) is 4.23. The lowest BCUT2D eigenvalue weighted by Crippen LogP contribution is -2.07. The molecule has 0 aliphatic heterocycles. The molecule has 0 atom stereocenters. The third kappa shape index (κ3) is 2.61. The van der Waals surface area contributed by atoms with Gasteiger partial charge in [-0.3, -0.25) is 9.48 Å². The molecule has 1 heterocycles. The molecule has 0 amide bonds. The largest absolute Gasteiger partial charge is 0.294 e. The molecule has 0 spiro atoms. The van der Waals surface area contributed by atoms with Crippen LogP contribution < -0.4 is 0 Å². The summed E-state index contributed by atoms with van der Waals surface area (Å²) in [5.41, 5.74) is 2.53. The summed E-state index contributed by atoms with van der Waals surface area (Å²) in [6.45, 7) is 5.69. The van der Waals surface area contributed by atoms with Gasteiger partial charge in [-0.2, -0.15) is 5.10 Å². The molecule has 5 heteroatoms. The van der Waals surface area contributed by atoms with E-state index in [9.17, 15) is 9.18 Å². The van der Waals surface area contributed by atoms with Gasteiger partial charge >= 0.3 is 0 Å². The molecule has 0 radical (unpaired) electrons. The third-order valence-electron chi connectivity index (χ3n) is 3.33. The van der Waals surface area contributed by atoms with Crippen LogP contribution in [0, 0.1) is 19.7 Å². The van der Waals surface area contributed by atoms with E-state index in [0.29, 0.717) is 23.2 Å². The van der Waals surface area contributed by atoms with Crippen LogP contribution in [-0.4, -0.2) is 15.6 Å². The zero-order valence-corrected chi connectivity index (χ0v) is 12.5. The summed E-state index contributed by atoms with van der Waals surface area (Å²) in [4.78, 5) is 11.9. The van der Waals surface area contributed by atoms with E-state index < -0.39 is 5.82 Å². The summed E-state index contributed by atoms with van der Waals surface area (Å²) in [6.07, 6.45) is 0.429. The fourth-order valence-electron chi connectivity index (χ4n) is 2.26. The lowest BCUT2D eigenvalue weighted by molar-refractivity contribution is 0.0987. The fourth-order valence-corrected chi connectivity index (χ4v) is 2.46. The van der Waals surface area contributed by atoms with Gasteiger partial charge in [-0.25, -0.2) is 4.39 Å². The molecule has 0 aliphatic carbocycles. The molecule has 0 saturated heterocycles. The molecule has 20 heavy (non-hydrogen) atoms. The number of hydrogen-bond donors (Lipinski definition) is 0. The number of halogens is 2. The number of rotatable bonds is 4. The first-order valence-corrected chi connectivity index (χ1v) is 6.83. The Hall–Kier alpha value is -1.68. The minimum atomic E-state index is -0.440. The Balaban J connectivity index is 2.40. The van der Waals surface area contributed by atoms with Crippen LogP contribution in [0.25, 0.3) is 0 Å². The lowest BCUT2D eigenvalue weighted by Gasteiger charge is -2.07. The summed E-state index contributed by atoms with van der Waals surface area (Å²) < 4.78 is 15.6. The molecule has 2 rings (SSSR count). The smallest absolute Gasteiger partial charge is 0.166 e. The standard InChI is InChI=1S/C15H16ClFN2O/c1-4-13(20)14-9(2)18-19(10(14)3)8-11-6-5-7-12(16)15(11)17/h5-7H,4,8H2,1-3H3. The molecule has 0 N–H and O–H groups in total. The van der Waals surface area contributed by atoms with Gasteiger partial charge in [0.25, 0.3) is 0 Å². The molecule has 0 aliphatic rings. The van der Waals surface area contributed by atoms with Crippen LogP contribution in [0.5, 0.6) is 0 Å². The highest BCUT2D eigenvalue weighted by Crippen LogP contribution is 2.21. The molecule has 2 aromatic rings. The monoisotopic (exact) mass is 294 g/mol. The number of aromatic nitrogens is 2. The average Bonchev–Trinajstić information content (AvgIpc) is 2.69. The van der Waals surface area contributed by atoms with Crippen LogP contribution >= 0.6 is 11.6 Å². The first-order chi connectivity index (χ1) is 9.45. The van der Waals surface area contributed by atoms with E-state index in [-0.39, 0.29) is 17.4 Å². The van der Waals surface area contributed by atoms with Crippen LogP contribution in [0.2, 0.25) is 5.02 Å². The van der Waals surface area contributed by atoms with E-state index in [1.807, 2.05) is 13.8 Å². The molecule has 106 valence electrons. The van der Waals surface area contributed by atoms with Gasteiger partial charge in [0.05, 0.1) is 22.8 Å². The van der Waals surface area contributed by atoms with Gasteiger partial charge < -0.3 is 0 Å². The molecule has 1 aromatic heterocycles. The number of Topliss-reactive ketones (excluding diaryl/α,β-unsaturated/α-hetero) is 1.